The van der Waals surface area contributed by atoms with E-state index in [1.54, 1.807) is 0 Å². The van der Waals surface area contributed by atoms with Gasteiger partial charge in [-0.2, -0.15) is 0 Å². The van der Waals surface area contributed by atoms with Crippen molar-refractivity contribution < 1.29 is 4.92 Å². The van der Waals surface area contributed by atoms with E-state index in [2.05, 4.69) is 38.0 Å². The Morgan fingerprint density at radius 2 is 2.18 bits per heavy atom. The summed E-state index contributed by atoms with van der Waals surface area (Å²) >= 11 is 0. The molecule has 0 spiro atoms. The quantitative estimate of drug-likeness (QED) is 0.631. The number of pyridine rings is 1. The van der Waals surface area contributed by atoms with Crippen molar-refractivity contribution in [3.63, 3.8) is 0 Å². The number of nitrogens with one attached hydrogen (secondary N) is 1. The van der Waals surface area contributed by atoms with Crippen LogP contribution in [0.15, 0.2) is 18.3 Å². The van der Waals surface area contributed by atoms with Crippen LogP contribution < -0.4 is 5.32 Å². The van der Waals surface area contributed by atoms with Crippen LogP contribution in [0.5, 0.6) is 0 Å². The first kappa shape index (κ1) is 13.4. The summed E-state index contributed by atoms with van der Waals surface area (Å²) in [6.07, 6.45) is 1.45. The Hall–Kier alpha value is -1.65. The molecular formula is C12H19N3O2. The summed E-state index contributed by atoms with van der Waals surface area (Å²) in [4.78, 5) is 14.3. The fraction of sp³-hybridized carbons (Fsp3) is 0.583. The largest absolute Gasteiger partial charge is 0.369 e. The molecule has 1 aromatic rings. The van der Waals surface area contributed by atoms with Crippen LogP contribution in [0, 0.1) is 21.4 Å². The molecule has 1 heterocycles. The minimum Gasteiger partial charge on any atom is -0.369 e. The molecule has 0 aliphatic heterocycles. The molecule has 0 radical (unpaired) electrons. The Labute approximate surface area is 101 Å². The smallest absolute Gasteiger partial charge is 0.274 e. The lowest BCUT2D eigenvalue weighted by Crippen LogP contribution is -2.28. The summed E-state index contributed by atoms with van der Waals surface area (Å²) in [6.45, 7) is 9.36. The van der Waals surface area contributed by atoms with Gasteiger partial charge in [0, 0.05) is 18.8 Å². The summed E-state index contributed by atoms with van der Waals surface area (Å²) in [5, 5.41) is 13.8. The molecule has 0 saturated heterocycles. The Bertz CT molecular complexity index is 402. The highest BCUT2D eigenvalue weighted by atomic mass is 16.6. The molecule has 5 nitrogen and oxygen atoms in total. The summed E-state index contributed by atoms with van der Waals surface area (Å²) in [5.74, 6) is 1.07. The summed E-state index contributed by atoms with van der Waals surface area (Å²) in [7, 11) is 0. The molecule has 0 aliphatic carbocycles. The third-order valence-corrected chi connectivity index (χ3v) is 3.24. The van der Waals surface area contributed by atoms with E-state index >= 15 is 0 Å². The molecule has 0 amide bonds. The van der Waals surface area contributed by atoms with Crippen LogP contribution >= 0.6 is 0 Å². The van der Waals surface area contributed by atoms with Gasteiger partial charge in [-0.15, -0.1) is 0 Å². The third-order valence-electron chi connectivity index (χ3n) is 3.24. The van der Waals surface area contributed by atoms with Gasteiger partial charge in [0.25, 0.3) is 5.69 Å². The van der Waals surface area contributed by atoms with Crippen molar-refractivity contribution in [3.05, 3.63) is 28.4 Å². The van der Waals surface area contributed by atoms with Crippen LogP contribution in [0.1, 0.15) is 27.7 Å². The standard InChI is InChI=1S/C12H19N3O2/c1-9(2)12(3,4)8-14-11-7-10(15(16)17)5-6-13-11/h5-7,9H,8H2,1-4H3,(H,13,14). The van der Waals surface area contributed by atoms with Gasteiger partial charge in [-0.05, 0) is 11.3 Å². The molecule has 17 heavy (non-hydrogen) atoms. The third kappa shape index (κ3) is 3.69. The fourth-order valence-corrected chi connectivity index (χ4v) is 1.15. The van der Waals surface area contributed by atoms with Crippen LogP contribution in [-0.4, -0.2) is 16.5 Å². The highest BCUT2D eigenvalue weighted by Gasteiger charge is 2.22. The molecule has 0 aromatic carbocycles. The molecule has 5 heteroatoms. The fourth-order valence-electron chi connectivity index (χ4n) is 1.15. The van der Waals surface area contributed by atoms with E-state index in [9.17, 15) is 10.1 Å². The lowest BCUT2D eigenvalue weighted by molar-refractivity contribution is -0.384. The average Bonchev–Trinajstić information content (AvgIpc) is 2.26. The molecule has 1 aromatic heterocycles. The molecule has 1 rings (SSSR count). The van der Waals surface area contributed by atoms with E-state index < -0.39 is 4.92 Å². The van der Waals surface area contributed by atoms with Gasteiger partial charge in [0.2, 0.25) is 0 Å². The first-order valence-electron chi connectivity index (χ1n) is 5.67. The van der Waals surface area contributed by atoms with Gasteiger partial charge in [0.15, 0.2) is 0 Å². The van der Waals surface area contributed by atoms with E-state index in [0.717, 1.165) is 6.54 Å². The Morgan fingerprint density at radius 1 is 1.53 bits per heavy atom. The van der Waals surface area contributed by atoms with Gasteiger partial charge < -0.3 is 5.32 Å². The Kier molecular flexibility index (Phi) is 4.04. The molecule has 94 valence electrons. The van der Waals surface area contributed by atoms with Crippen molar-refractivity contribution in [2.45, 2.75) is 27.7 Å². The van der Waals surface area contributed by atoms with E-state index in [4.69, 9.17) is 0 Å². The van der Waals surface area contributed by atoms with Crippen molar-refractivity contribution in [1.82, 2.24) is 4.98 Å². The number of rotatable bonds is 5. The lowest BCUT2D eigenvalue weighted by Gasteiger charge is -2.29. The lowest BCUT2D eigenvalue weighted by atomic mass is 9.81. The van der Waals surface area contributed by atoms with E-state index in [0.29, 0.717) is 11.7 Å². The maximum absolute atomic E-state index is 10.6. The van der Waals surface area contributed by atoms with Gasteiger partial charge in [-0.1, -0.05) is 27.7 Å². The summed E-state index contributed by atoms with van der Waals surface area (Å²) in [5.41, 5.74) is 0.177. The van der Waals surface area contributed by atoms with Gasteiger partial charge >= 0.3 is 0 Å². The SMILES string of the molecule is CC(C)C(C)(C)CNc1cc([N+](=O)[O-])ccn1. The second-order valence-electron chi connectivity index (χ2n) is 5.15. The van der Waals surface area contributed by atoms with Gasteiger partial charge in [0.05, 0.1) is 11.0 Å². The molecule has 0 aliphatic rings. The molecule has 0 saturated carbocycles. The van der Waals surface area contributed by atoms with Crippen LogP contribution in [-0.2, 0) is 0 Å². The predicted octanol–water partition coefficient (Wildman–Crippen LogP) is 3.08. The highest BCUT2D eigenvalue weighted by Crippen LogP contribution is 2.26. The Balaban J connectivity index is 2.70. The minimum absolute atomic E-state index is 0.0600. The topological polar surface area (TPSA) is 68.1 Å². The zero-order chi connectivity index (χ0) is 13.1. The van der Waals surface area contributed by atoms with E-state index in [-0.39, 0.29) is 11.1 Å². The predicted molar refractivity (Wildman–Crippen MR) is 68.0 cm³/mol. The van der Waals surface area contributed by atoms with Crippen LogP contribution in [0.2, 0.25) is 0 Å². The van der Waals surface area contributed by atoms with Crippen molar-refractivity contribution in [3.8, 4) is 0 Å². The van der Waals surface area contributed by atoms with Crippen molar-refractivity contribution in [1.29, 1.82) is 0 Å². The highest BCUT2D eigenvalue weighted by molar-refractivity contribution is 5.44. The summed E-state index contributed by atoms with van der Waals surface area (Å²) < 4.78 is 0. The monoisotopic (exact) mass is 237 g/mol. The number of anilines is 1. The van der Waals surface area contributed by atoms with Crippen molar-refractivity contribution >= 4 is 11.5 Å². The molecule has 0 fully saturated rings. The zero-order valence-corrected chi connectivity index (χ0v) is 10.7. The second kappa shape index (κ2) is 5.12. The molecule has 0 unspecified atom stereocenters. The van der Waals surface area contributed by atoms with Crippen LogP contribution in [0.25, 0.3) is 0 Å². The molecular weight excluding hydrogens is 218 g/mol. The first-order chi connectivity index (χ1) is 7.83. The van der Waals surface area contributed by atoms with E-state index in [1.165, 1.54) is 18.3 Å². The van der Waals surface area contributed by atoms with E-state index in [1.807, 2.05) is 0 Å². The molecule has 0 bridgehead atoms. The molecule has 1 N–H and O–H groups in total. The number of aromatic nitrogens is 1. The maximum Gasteiger partial charge on any atom is 0.274 e. The van der Waals surface area contributed by atoms with Crippen LogP contribution in [0.4, 0.5) is 11.5 Å². The number of nitrogens with zero attached hydrogens (tertiary/aromatic N) is 2. The maximum atomic E-state index is 10.6. The van der Waals surface area contributed by atoms with Gasteiger partial charge in [-0.3, -0.25) is 10.1 Å². The second-order valence-corrected chi connectivity index (χ2v) is 5.15. The first-order valence-corrected chi connectivity index (χ1v) is 5.67. The molecule has 0 atom stereocenters. The Morgan fingerprint density at radius 3 is 2.71 bits per heavy atom. The van der Waals surface area contributed by atoms with Crippen molar-refractivity contribution in [2.75, 3.05) is 11.9 Å². The van der Waals surface area contributed by atoms with Gasteiger partial charge in [-0.25, -0.2) is 4.98 Å². The average molecular weight is 237 g/mol. The zero-order valence-electron chi connectivity index (χ0n) is 10.7. The van der Waals surface area contributed by atoms with Crippen molar-refractivity contribution in [2.24, 2.45) is 11.3 Å². The number of nitro groups is 1. The summed E-state index contributed by atoms with van der Waals surface area (Å²) in [6, 6.07) is 2.84. The van der Waals surface area contributed by atoms with Crippen LogP contribution in [0.3, 0.4) is 0 Å². The minimum atomic E-state index is -0.416. The number of hydrogen-bond donors (Lipinski definition) is 1. The number of hydrogen-bond acceptors (Lipinski definition) is 4. The normalized spacial score (nSPS) is 11.6. The van der Waals surface area contributed by atoms with Gasteiger partial charge in [0.1, 0.15) is 5.82 Å².